The Kier molecular flexibility index (Phi) is 4.98. The number of carbonyl (C=O) groups is 1. The van der Waals surface area contributed by atoms with E-state index in [0.29, 0.717) is 18.6 Å². The lowest BCUT2D eigenvalue weighted by molar-refractivity contribution is -0.140. The van der Waals surface area contributed by atoms with Crippen molar-refractivity contribution in [2.75, 3.05) is 7.11 Å². The number of aryl methyl sites for hydroxylation is 2. The number of hydrogen-bond acceptors (Lipinski definition) is 3. The minimum atomic E-state index is -0.206. The third-order valence-corrected chi connectivity index (χ3v) is 3.82. The number of ether oxygens (including phenoxy) is 1. The van der Waals surface area contributed by atoms with Gasteiger partial charge in [0.1, 0.15) is 5.75 Å². The van der Waals surface area contributed by atoms with E-state index in [9.17, 15) is 9.90 Å². The molecule has 0 unspecified atom stereocenters. The molecule has 1 rings (SSSR count). The second kappa shape index (κ2) is 6.09. The van der Waals surface area contributed by atoms with Crippen LogP contribution in [0, 0.1) is 6.92 Å². The van der Waals surface area contributed by atoms with Gasteiger partial charge in [0.25, 0.3) is 0 Å². The number of phenols is 1. The van der Waals surface area contributed by atoms with Gasteiger partial charge in [0.05, 0.1) is 7.11 Å². The molecular formula is C16H24O3. The second-order valence-corrected chi connectivity index (χ2v) is 5.62. The molecule has 0 fully saturated rings. The van der Waals surface area contributed by atoms with Crippen molar-refractivity contribution >= 4 is 5.97 Å². The van der Waals surface area contributed by atoms with Gasteiger partial charge in [-0.1, -0.05) is 32.9 Å². The number of phenolic OH excluding ortho intramolecular Hbond substituents is 1. The lowest BCUT2D eigenvalue weighted by Crippen LogP contribution is -2.16. The molecule has 0 saturated heterocycles. The van der Waals surface area contributed by atoms with E-state index in [1.807, 2.05) is 19.1 Å². The highest BCUT2D eigenvalue weighted by atomic mass is 16.5. The summed E-state index contributed by atoms with van der Waals surface area (Å²) in [6.45, 7) is 8.24. The second-order valence-electron chi connectivity index (χ2n) is 5.62. The van der Waals surface area contributed by atoms with Crippen molar-refractivity contribution in [3.8, 4) is 5.75 Å². The van der Waals surface area contributed by atoms with Gasteiger partial charge in [0, 0.05) is 12.0 Å². The SMILES string of the molecule is CCC(C)(C)c1cc(CCC(=O)OC)cc(C)c1O. The molecule has 1 N–H and O–H groups in total. The van der Waals surface area contributed by atoms with Crippen LogP contribution in [0.3, 0.4) is 0 Å². The molecule has 0 spiro atoms. The average molecular weight is 264 g/mol. The van der Waals surface area contributed by atoms with Crippen molar-refractivity contribution in [2.45, 2.75) is 52.4 Å². The highest BCUT2D eigenvalue weighted by Gasteiger charge is 2.23. The van der Waals surface area contributed by atoms with Crippen LogP contribution in [0.4, 0.5) is 0 Å². The van der Waals surface area contributed by atoms with Crippen molar-refractivity contribution < 1.29 is 14.6 Å². The van der Waals surface area contributed by atoms with Crippen molar-refractivity contribution in [3.63, 3.8) is 0 Å². The number of benzene rings is 1. The summed E-state index contributed by atoms with van der Waals surface area (Å²) in [4.78, 5) is 11.2. The molecule has 1 aromatic carbocycles. The number of aromatic hydroxyl groups is 1. The first-order valence-corrected chi connectivity index (χ1v) is 6.71. The van der Waals surface area contributed by atoms with Crippen molar-refractivity contribution in [3.05, 3.63) is 28.8 Å². The Morgan fingerprint density at radius 2 is 2.00 bits per heavy atom. The molecule has 0 atom stereocenters. The molecule has 0 bridgehead atoms. The lowest BCUT2D eigenvalue weighted by atomic mass is 9.80. The van der Waals surface area contributed by atoms with E-state index in [-0.39, 0.29) is 11.4 Å². The number of hydrogen-bond donors (Lipinski definition) is 1. The first kappa shape index (κ1) is 15.5. The van der Waals surface area contributed by atoms with Crippen molar-refractivity contribution in [1.82, 2.24) is 0 Å². The number of methoxy groups -OCH3 is 1. The Bertz CT molecular complexity index is 461. The zero-order valence-electron chi connectivity index (χ0n) is 12.5. The molecule has 0 heterocycles. The van der Waals surface area contributed by atoms with E-state index in [4.69, 9.17) is 0 Å². The van der Waals surface area contributed by atoms with E-state index >= 15 is 0 Å². The highest BCUT2D eigenvalue weighted by Crippen LogP contribution is 2.36. The van der Waals surface area contributed by atoms with Gasteiger partial charge in [0.2, 0.25) is 0 Å². The predicted molar refractivity (Wildman–Crippen MR) is 76.5 cm³/mol. The zero-order valence-corrected chi connectivity index (χ0v) is 12.5. The number of esters is 1. The molecule has 0 amide bonds. The molecule has 0 radical (unpaired) electrons. The standard InChI is InChI=1S/C16H24O3/c1-6-16(3,4)13-10-12(7-8-14(17)19-5)9-11(2)15(13)18/h9-10,18H,6-8H2,1-5H3. The van der Waals surface area contributed by atoms with Crippen LogP contribution in [0.5, 0.6) is 5.75 Å². The molecule has 1 aromatic rings. The van der Waals surface area contributed by atoms with Crippen LogP contribution in [0.1, 0.15) is 50.3 Å². The monoisotopic (exact) mass is 264 g/mol. The van der Waals surface area contributed by atoms with Gasteiger partial charge in [-0.3, -0.25) is 4.79 Å². The molecule has 0 aromatic heterocycles. The summed E-state index contributed by atoms with van der Waals surface area (Å²) in [5, 5.41) is 10.2. The minimum Gasteiger partial charge on any atom is -0.507 e. The average Bonchev–Trinajstić information content (AvgIpc) is 2.39. The first-order chi connectivity index (χ1) is 8.81. The van der Waals surface area contributed by atoms with Gasteiger partial charge in [-0.15, -0.1) is 0 Å². The fraction of sp³-hybridized carbons (Fsp3) is 0.562. The van der Waals surface area contributed by atoms with Crippen molar-refractivity contribution in [1.29, 1.82) is 0 Å². The molecule has 3 nitrogen and oxygen atoms in total. The number of rotatable bonds is 5. The summed E-state index contributed by atoms with van der Waals surface area (Å²) in [6, 6.07) is 3.95. The topological polar surface area (TPSA) is 46.5 Å². The van der Waals surface area contributed by atoms with E-state index in [0.717, 1.165) is 23.1 Å². The molecule has 19 heavy (non-hydrogen) atoms. The van der Waals surface area contributed by atoms with Crippen LogP contribution in [-0.4, -0.2) is 18.2 Å². The van der Waals surface area contributed by atoms with Crippen LogP contribution < -0.4 is 0 Å². The van der Waals surface area contributed by atoms with Crippen LogP contribution in [0.2, 0.25) is 0 Å². The summed E-state index contributed by atoms with van der Waals surface area (Å²) >= 11 is 0. The molecule has 3 heteroatoms. The molecular weight excluding hydrogens is 240 g/mol. The third kappa shape index (κ3) is 3.72. The maximum Gasteiger partial charge on any atom is 0.305 e. The maximum atomic E-state index is 11.2. The Morgan fingerprint density at radius 3 is 2.53 bits per heavy atom. The van der Waals surface area contributed by atoms with Gasteiger partial charge in [-0.25, -0.2) is 0 Å². The largest absolute Gasteiger partial charge is 0.507 e. The normalized spacial score (nSPS) is 11.4. The summed E-state index contributed by atoms with van der Waals surface area (Å²) < 4.78 is 4.66. The Hall–Kier alpha value is -1.51. The Morgan fingerprint density at radius 1 is 1.37 bits per heavy atom. The van der Waals surface area contributed by atoms with Crippen molar-refractivity contribution in [2.24, 2.45) is 0 Å². The third-order valence-electron chi connectivity index (χ3n) is 3.82. The van der Waals surface area contributed by atoms with Gasteiger partial charge >= 0.3 is 5.97 Å². The predicted octanol–water partition coefficient (Wildman–Crippen LogP) is 3.49. The fourth-order valence-electron chi connectivity index (χ4n) is 2.05. The Balaban J connectivity index is 3.06. The molecule has 0 saturated carbocycles. The molecule has 0 aliphatic carbocycles. The highest BCUT2D eigenvalue weighted by molar-refractivity contribution is 5.69. The summed E-state index contributed by atoms with van der Waals surface area (Å²) in [7, 11) is 1.40. The molecule has 0 aliphatic rings. The quantitative estimate of drug-likeness (QED) is 0.828. The number of carbonyl (C=O) groups excluding carboxylic acids is 1. The van der Waals surface area contributed by atoms with E-state index in [1.54, 1.807) is 0 Å². The van der Waals surface area contributed by atoms with E-state index in [1.165, 1.54) is 7.11 Å². The maximum absolute atomic E-state index is 11.2. The van der Waals surface area contributed by atoms with Gasteiger partial charge in [-0.2, -0.15) is 0 Å². The Labute approximate surface area is 115 Å². The fourth-order valence-corrected chi connectivity index (χ4v) is 2.05. The minimum absolute atomic E-state index is 0.0733. The van der Waals surface area contributed by atoms with Crippen LogP contribution in [0.25, 0.3) is 0 Å². The van der Waals surface area contributed by atoms with Crippen LogP contribution in [-0.2, 0) is 21.4 Å². The zero-order chi connectivity index (χ0) is 14.6. The smallest absolute Gasteiger partial charge is 0.305 e. The summed E-state index contributed by atoms with van der Waals surface area (Å²) in [6.07, 6.45) is 1.95. The van der Waals surface area contributed by atoms with Gasteiger partial charge in [0.15, 0.2) is 0 Å². The van der Waals surface area contributed by atoms with Crippen LogP contribution in [0.15, 0.2) is 12.1 Å². The summed E-state index contributed by atoms with van der Waals surface area (Å²) in [5.41, 5.74) is 2.81. The first-order valence-electron chi connectivity index (χ1n) is 6.71. The van der Waals surface area contributed by atoms with E-state index in [2.05, 4.69) is 25.5 Å². The lowest BCUT2D eigenvalue weighted by Gasteiger charge is -2.26. The van der Waals surface area contributed by atoms with E-state index < -0.39 is 0 Å². The van der Waals surface area contributed by atoms with Gasteiger partial charge < -0.3 is 9.84 Å². The molecule has 106 valence electrons. The summed E-state index contributed by atoms with van der Waals surface area (Å²) in [5.74, 6) is 0.163. The van der Waals surface area contributed by atoms with Crippen LogP contribution >= 0.6 is 0 Å². The molecule has 0 aliphatic heterocycles. The van der Waals surface area contributed by atoms with Gasteiger partial charge in [-0.05, 0) is 36.3 Å².